The molecule has 0 aliphatic carbocycles. The van der Waals surface area contributed by atoms with Crippen LogP contribution < -0.4 is 5.56 Å². The van der Waals surface area contributed by atoms with Gasteiger partial charge in [-0.2, -0.15) is 0 Å². The second kappa shape index (κ2) is 9.79. The monoisotopic (exact) mass is 453 g/mol. The van der Waals surface area contributed by atoms with Crippen LogP contribution in [0.4, 0.5) is 0 Å². The fourth-order valence-corrected chi connectivity index (χ4v) is 4.81. The highest BCUT2D eigenvalue weighted by molar-refractivity contribution is 7.17. The van der Waals surface area contributed by atoms with E-state index in [1.807, 2.05) is 36.3 Å². The molecule has 0 fully saturated rings. The number of nitrogens with zero attached hydrogens (tertiary/aromatic N) is 2. The molecule has 168 valence electrons. The average Bonchev–Trinajstić information content (AvgIpc) is 3.40. The molecule has 0 saturated heterocycles. The number of nitrogens with one attached hydrogen (secondary N) is 1. The molecule has 4 aromatic rings. The highest BCUT2D eigenvalue weighted by Gasteiger charge is 2.18. The molecule has 1 aromatic carbocycles. The zero-order chi connectivity index (χ0) is 22.7. The molecule has 7 nitrogen and oxygen atoms in total. The van der Waals surface area contributed by atoms with Gasteiger partial charge in [-0.1, -0.05) is 23.8 Å². The maximum atomic E-state index is 13.1. The van der Waals surface area contributed by atoms with E-state index in [0.29, 0.717) is 35.7 Å². The molecule has 1 atom stereocenters. The molecule has 32 heavy (non-hydrogen) atoms. The largest absolute Gasteiger partial charge is 0.468 e. The first kappa shape index (κ1) is 22.4. The number of aromatic amines is 1. The fraction of sp³-hybridized carbons (Fsp3) is 0.333. The van der Waals surface area contributed by atoms with Gasteiger partial charge in [-0.25, -0.2) is 4.98 Å². The lowest BCUT2D eigenvalue weighted by Gasteiger charge is -2.23. The molecule has 0 aliphatic rings. The van der Waals surface area contributed by atoms with Crippen LogP contribution in [0.5, 0.6) is 0 Å². The summed E-state index contributed by atoms with van der Waals surface area (Å²) in [6.07, 6.45) is 0.953. The van der Waals surface area contributed by atoms with Crippen LogP contribution in [0, 0.1) is 13.8 Å². The van der Waals surface area contributed by atoms with E-state index in [0.717, 1.165) is 28.0 Å². The van der Waals surface area contributed by atoms with Crippen molar-refractivity contribution in [2.24, 2.45) is 0 Å². The van der Waals surface area contributed by atoms with Crippen LogP contribution in [0.2, 0.25) is 0 Å². The minimum Gasteiger partial charge on any atom is -0.468 e. The molecular formula is C24H27N3O4S. The van der Waals surface area contributed by atoms with Crippen LogP contribution >= 0.6 is 11.3 Å². The van der Waals surface area contributed by atoms with Gasteiger partial charge in [0, 0.05) is 24.6 Å². The zero-order valence-corrected chi connectivity index (χ0v) is 19.2. The Labute approximate surface area is 190 Å². The fourth-order valence-electron chi connectivity index (χ4n) is 3.86. The highest BCUT2D eigenvalue weighted by Crippen LogP contribution is 2.33. The van der Waals surface area contributed by atoms with Crippen molar-refractivity contribution in [3.05, 3.63) is 75.0 Å². The van der Waals surface area contributed by atoms with Crippen LogP contribution in [-0.2, 0) is 17.8 Å². The number of methoxy groups -OCH3 is 1. The molecule has 0 bridgehead atoms. The number of aryl methyl sites for hydroxylation is 2. The van der Waals surface area contributed by atoms with Crippen molar-refractivity contribution in [1.29, 1.82) is 0 Å². The molecule has 0 spiro atoms. The summed E-state index contributed by atoms with van der Waals surface area (Å²) in [6, 6.07) is 9.95. The number of hydrogen-bond donors (Lipinski definition) is 2. The van der Waals surface area contributed by atoms with E-state index in [-0.39, 0.29) is 12.2 Å². The van der Waals surface area contributed by atoms with Crippen molar-refractivity contribution in [1.82, 2.24) is 14.9 Å². The summed E-state index contributed by atoms with van der Waals surface area (Å²) in [5.41, 5.74) is 4.08. The lowest BCUT2D eigenvalue weighted by Crippen LogP contribution is -2.35. The van der Waals surface area contributed by atoms with Crippen LogP contribution in [0.15, 0.2) is 51.2 Å². The summed E-state index contributed by atoms with van der Waals surface area (Å²) in [4.78, 5) is 23.4. The second-order valence-corrected chi connectivity index (χ2v) is 8.88. The molecule has 4 rings (SSSR count). The normalized spacial score (nSPS) is 12.7. The van der Waals surface area contributed by atoms with Crippen molar-refractivity contribution in [2.45, 2.75) is 33.0 Å². The van der Waals surface area contributed by atoms with E-state index < -0.39 is 6.10 Å². The summed E-state index contributed by atoms with van der Waals surface area (Å²) in [6.45, 7) is 5.52. The van der Waals surface area contributed by atoms with E-state index in [9.17, 15) is 9.90 Å². The summed E-state index contributed by atoms with van der Waals surface area (Å²) in [5, 5.41) is 12.9. The minimum absolute atomic E-state index is 0.155. The Morgan fingerprint density at radius 3 is 2.84 bits per heavy atom. The van der Waals surface area contributed by atoms with Gasteiger partial charge in [0.05, 0.1) is 37.4 Å². The molecule has 0 amide bonds. The van der Waals surface area contributed by atoms with Gasteiger partial charge in [-0.05, 0) is 37.1 Å². The van der Waals surface area contributed by atoms with Crippen LogP contribution in [0.3, 0.4) is 0 Å². The number of furan rings is 1. The van der Waals surface area contributed by atoms with Crippen molar-refractivity contribution in [2.75, 3.05) is 20.3 Å². The molecule has 0 aliphatic heterocycles. The Bertz CT molecular complexity index is 1250. The van der Waals surface area contributed by atoms with Crippen LogP contribution in [0.1, 0.15) is 22.7 Å². The molecule has 3 heterocycles. The maximum Gasteiger partial charge on any atom is 0.260 e. The van der Waals surface area contributed by atoms with Crippen molar-refractivity contribution in [3.63, 3.8) is 0 Å². The average molecular weight is 454 g/mol. The maximum absolute atomic E-state index is 13.1. The predicted molar refractivity (Wildman–Crippen MR) is 126 cm³/mol. The van der Waals surface area contributed by atoms with Crippen LogP contribution in [0.25, 0.3) is 21.3 Å². The number of thiophene rings is 1. The molecule has 2 N–H and O–H groups in total. The van der Waals surface area contributed by atoms with Gasteiger partial charge in [0.25, 0.3) is 5.56 Å². The summed E-state index contributed by atoms with van der Waals surface area (Å²) in [7, 11) is 1.55. The molecular weight excluding hydrogens is 426 g/mol. The van der Waals surface area contributed by atoms with Gasteiger partial charge in [0.2, 0.25) is 0 Å². The van der Waals surface area contributed by atoms with Crippen LogP contribution in [-0.4, -0.2) is 46.3 Å². The lowest BCUT2D eigenvalue weighted by molar-refractivity contribution is 0.0317. The number of aliphatic hydroxyl groups is 1. The Hall–Kier alpha value is -2.78. The Kier molecular flexibility index (Phi) is 6.86. The summed E-state index contributed by atoms with van der Waals surface area (Å²) in [5.74, 6) is 1.32. The Balaban J connectivity index is 1.65. The first-order valence-electron chi connectivity index (χ1n) is 10.4. The topological polar surface area (TPSA) is 91.6 Å². The zero-order valence-electron chi connectivity index (χ0n) is 18.4. The number of ether oxygens (including phenoxy) is 1. The number of benzene rings is 1. The summed E-state index contributed by atoms with van der Waals surface area (Å²) >= 11 is 1.47. The van der Waals surface area contributed by atoms with Gasteiger partial charge < -0.3 is 19.2 Å². The van der Waals surface area contributed by atoms with Crippen molar-refractivity contribution < 1.29 is 14.3 Å². The van der Waals surface area contributed by atoms with Gasteiger partial charge >= 0.3 is 0 Å². The standard InChI is InChI=1S/C24H27N3O4S/c1-15-6-7-16(2)19(9-15)20-14-32-24-22(20)23(29)25-21(26-24)12-27(10-17(28)13-30-3)11-18-5-4-8-31-18/h4-9,14,17,28H,10-13H2,1-3H3,(H,25,26,29)/t17-/m0/s1. The lowest BCUT2D eigenvalue weighted by atomic mass is 9.99. The van der Waals surface area contributed by atoms with Gasteiger partial charge in [0.15, 0.2) is 0 Å². The van der Waals surface area contributed by atoms with E-state index in [1.165, 1.54) is 11.3 Å². The smallest absolute Gasteiger partial charge is 0.260 e. The Morgan fingerprint density at radius 2 is 2.09 bits per heavy atom. The molecule has 0 unspecified atom stereocenters. The SMILES string of the molecule is COC[C@@H](O)CN(Cc1nc2scc(-c3cc(C)ccc3C)c2c(=O)[nH]1)Cc1ccco1. The number of rotatable bonds is 9. The van der Waals surface area contributed by atoms with E-state index >= 15 is 0 Å². The molecule has 3 aromatic heterocycles. The molecule has 0 radical (unpaired) electrons. The number of hydrogen-bond acceptors (Lipinski definition) is 7. The quantitative estimate of drug-likeness (QED) is 0.400. The summed E-state index contributed by atoms with van der Waals surface area (Å²) < 4.78 is 10.5. The number of fused-ring (bicyclic) bond motifs is 1. The first-order chi connectivity index (χ1) is 15.4. The predicted octanol–water partition coefficient (Wildman–Crippen LogP) is 3.87. The van der Waals surface area contributed by atoms with Crippen molar-refractivity contribution >= 4 is 21.6 Å². The van der Waals surface area contributed by atoms with Gasteiger partial charge in [0.1, 0.15) is 16.4 Å². The minimum atomic E-state index is -0.664. The number of aromatic nitrogens is 2. The third-order valence-electron chi connectivity index (χ3n) is 5.34. The highest BCUT2D eigenvalue weighted by atomic mass is 32.1. The number of H-pyrrole nitrogens is 1. The Morgan fingerprint density at radius 1 is 1.25 bits per heavy atom. The third kappa shape index (κ3) is 4.99. The van der Waals surface area contributed by atoms with Crippen molar-refractivity contribution in [3.8, 4) is 11.1 Å². The van der Waals surface area contributed by atoms with E-state index in [2.05, 4.69) is 23.2 Å². The molecule has 8 heteroatoms. The van der Waals surface area contributed by atoms with Gasteiger partial charge in [-0.3, -0.25) is 9.69 Å². The van der Waals surface area contributed by atoms with E-state index in [4.69, 9.17) is 14.1 Å². The third-order valence-corrected chi connectivity index (χ3v) is 6.21. The molecule has 0 saturated carbocycles. The van der Waals surface area contributed by atoms with E-state index in [1.54, 1.807) is 13.4 Å². The first-order valence-corrected chi connectivity index (χ1v) is 11.3. The number of aliphatic hydroxyl groups excluding tert-OH is 1. The van der Waals surface area contributed by atoms with Gasteiger partial charge in [-0.15, -0.1) is 11.3 Å². The second-order valence-electron chi connectivity index (χ2n) is 8.02.